The Labute approximate surface area is 180 Å². The van der Waals surface area contributed by atoms with Gasteiger partial charge in [0.25, 0.3) is 0 Å². The van der Waals surface area contributed by atoms with E-state index >= 15 is 0 Å². The Bertz CT molecular complexity index is 807. The summed E-state index contributed by atoms with van der Waals surface area (Å²) >= 11 is 0. The van der Waals surface area contributed by atoms with Crippen LogP contribution in [0.15, 0.2) is 53.5 Å². The number of ketones is 1. The van der Waals surface area contributed by atoms with E-state index in [0.717, 1.165) is 29.4 Å². The van der Waals surface area contributed by atoms with Gasteiger partial charge in [-0.2, -0.15) is 0 Å². The summed E-state index contributed by atoms with van der Waals surface area (Å²) in [5, 5.41) is 8.81. The van der Waals surface area contributed by atoms with Crippen LogP contribution >= 0.6 is 0 Å². The number of hydrogen-bond donors (Lipinski definition) is 0. The van der Waals surface area contributed by atoms with Gasteiger partial charge in [0.05, 0.1) is 5.71 Å². The lowest BCUT2D eigenvalue weighted by Crippen LogP contribution is -2.19. The van der Waals surface area contributed by atoms with Crippen LogP contribution in [-0.4, -0.2) is 30.0 Å². The maximum Gasteiger partial charge on any atom is 0.194 e. The topological polar surface area (TPSA) is 72.6 Å². The summed E-state index contributed by atoms with van der Waals surface area (Å²) in [6.07, 6.45) is 9.00. The lowest BCUT2D eigenvalue weighted by atomic mass is 9.92. The van der Waals surface area contributed by atoms with Gasteiger partial charge in [-0.3, -0.25) is 19.9 Å². The molecule has 5 heteroatoms. The second-order valence-electron chi connectivity index (χ2n) is 7.06. The number of Topliss-reactive ketones (excluding diaryl/α,β-unsaturated/α-hetero) is 1. The number of nitro groups is 1. The van der Waals surface area contributed by atoms with Gasteiger partial charge in [0, 0.05) is 21.6 Å². The summed E-state index contributed by atoms with van der Waals surface area (Å²) in [7, 11) is 0.889. The highest BCUT2D eigenvalue weighted by atomic mass is 16.6. The molecule has 0 unspecified atom stereocenters. The van der Waals surface area contributed by atoms with E-state index in [4.69, 9.17) is 10.1 Å². The molecule has 1 fully saturated rings. The van der Waals surface area contributed by atoms with E-state index in [1.165, 1.54) is 44.1 Å². The van der Waals surface area contributed by atoms with Crippen molar-refractivity contribution in [1.29, 1.82) is 0 Å². The molecule has 1 aliphatic heterocycles. The third kappa shape index (κ3) is 8.68. The zero-order valence-corrected chi connectivity index (χ0v) is 18.7. The Kier molecular flexibility index (Phi) is 11.9. The smallest absolute Gasteiger partial charge is 0.194 e. The predicted molar refractivity (Wildman–Crippen MR) is 124 cm³/mol. The van der Waals surface area contributed by atoms with Crippen LogP contribution in [0.5, 0.6) is 0 Å². The third-order valence-corrected chi connectivity index (χ3v) is 4.69. The zero-order chi connectivity index (χ0) is 22.4. The summed E-state index contributed by atoms with van der Waals surface area (Å²) in [6.45, 7) is 6.31. The summed E-state index contributed by atoms with van der Waals surface area (Å²) in [5.74, 6) is 0.0986. The molecule has 0 aromatic heterocycles. The van der Waals surface area contributed by atoms with Crippen LogP contribution in [0.3, 0.4) is 0 Å². The van der Waals surface area contributed by atoms with Crippen molar-refractivity contribution < 1.29 is 9.72 Å². The SMILES string of the molecule is C1CCCCC1.CC.C[N+](=O)[O-].Cc1ccc(C2=NCC(=O)c3ccccc32)cc1. The molecule has 0 amide bonds. The van der Waals surface area contributed by atoms with Crippen LogP contribution in [0.4, 0.5) is 0 Å². The van der Waals surface area contributed by atoms with Crippen LogP contribution in [0.25, 0.3) is 0 Å². The Hall–Kier alpha value is -2.82. The van der Waals surface area contributed by atoms with Gasteiger partial charge >= 0.3 is 0 Å². The second-order valence-corrected chi connectivity index (χ2v) is 7.06. The minimum absolute atomic E-state index is 0.0986. The Morgan fingerprint density at radius 1 is 0.833 bits per heavy atom. The monoisotopic (exact) mass is 410 g/mol. The molecule has 30 heavy (non-hydrogen) atoms. The van der Waals surface area contributed by atoms with Crippen molar-refractivity contribution >= 4 is 11.5 Å². The van der Waals surface area contributed by atoms with Gasteiger partial charge in [-0.05, 0) is 6.92 Å². The number of rotatable bonds is 1. The average Bonchev–Trinajstić information content (AvgIpc) is 2.78. The van der Waals surface area contributed by atoms with Crippen LogP contribution in [0.1, 0.15) is 79.4 Å². The third-order valence-electron chi connectivity index (χ3n) is 4.69. The van der Waals surface area contributed by atoms with Crippen molar-refractivity contribution in [2.24, 2.45) is 4.99 Å². The fraction of sp³-hybridized carbons (Fsp3) is 0.440. The predicted octanol–water partition coefficient (Wildman–Crippen LogP) is 6.29. The number of aliphatic imine (C=N–C) groups is 1. The molecule has 0 radical (unpaired) electrons. The first-order valence-corrected chi connectivity index (χ1v) is 10.8. The van der Waals surface area contributed by atoms with Gasteiger partial charge in [0.2, 0.25) is 0 Å². The molecule has 1 saturated carbocycles. The number of benzene rings is 2. The number of carbonyl (C=O) groups excluding carboxylic acids is 1. The molecule has 2 aliphatic rings. The molecule has 0 saturated heterocycles. The lowest BCUT2D eigenvalue weighted by molar-refractivity contribution is -0.445. The van der Waals surface area contributed by atoms with Gasteiger partial charge in [0.1, 0.15) is 6.54 Å². The van der Waals surface area contributed by atoms with Gasteiger partial charge in [-0.25, -0.2) is 0 Å². The summed E-state index contributed by atoms with van der Waals surface area (Å²) in [5.41, 5.74) is 4.94. The normalized spacial score (nSPS) is 14.3. The van der Waals surface area contributed by atoms with E-state index in [1.54, 1.807) is 0 Å². The summed E-state index contributed by atoms with van der Waals surface area (Å²) < 4.78 is 0. The number of nitrogens with zero attached hydrogens (tertiary/aromatic N) is 2. The minimum Gasteiger partial charge on any atom is -0.292 e. The van der Waals surface area contributed by atoms with Gasteiger partial charge in [0.15, 0.2) is 12.8 Å². The van der Waals surface area contributed by atoms with E-state index in [1.807, 2.05) is 38.1 Å². The van der Waals surface area contributed by atoms with Crippen LogP contribution in [-0.2, 0) is 0 Å². The molecule has 1 heterocycles. The molecule has 2 aromatic carbocycles. The number of carbonyl (C=O) groups is 1. The lowest BCUT2D eigenvalue weighted by Gasteiger charge is -2.16. The molecule has 4 rings (SSSR count). The molecule has 0 spiro atoms. The molecule has 0 bridgehead atoms. The van der Waals surface area contributed by atoms with Crippen molar-refractivity contribution in [3.63, 3.8) is 0 Å². The standard InChI is InChI=1S/C16H13NO.C6H12.C2H6.CH3NO2/c1-11-6-8-12(9-7-11)16-14-5-3-2-4-13(14)15(18)10-17-16;1-2-4-6-5-3-1;1-2;1-2(3)4/h2-9H,10H2,1H3;1-6H2;1-2H3;1H3. The molecule has 1 aliphatic carbocycles. The van der Waals surface area contributed by atoms with E-state index in [9.17, 15) is 4.79 Å². The van der Waals surface area contributed by atoms with Gasteiger partial charge in [-0.15, -0.1) is 0 Å². The highest BCUT2D eigenvalue weighted by Gasteiger charge is 2.20. The molecule has 0 atom stereocenters. The van der Waals surface area contributed by atoms with E-state index in [2.05, 4.69) is 36.2 Å². The first kappa shape index (κ1) is 25.2. The molecular weight excluding hydrogens is 376 g/mol. The zero-order valence-electron chi connectivity index (χ0n) is 18.7. The van der Waals surface area contributed by atoms with Crippen molar-refractivity contribution in [3.05, 3.63) is 80.9 Å². The minimum atomic E-state index is -0.500. The summed E-state index contributed by atoms with van der Waals surface area (Å²) in [4.78, 5) is 24.5. The van der Waals surface area contributed by atoms with E-state index in [-0.39, 0.29) is 12.3 Å². The number of hydrogen-bond acceptors (Lipinski definition) is 4. The molecule has 2 aromatic rings. The molecule has 0 N–H and O–H groups in total. The highest BCUT2D eigenvalue weighted by Crippen LogP contribution is 2.20. The highest BCUT2D eigenvalue weighted by molar-refractivity contribution is 6.21. The Morgan fingerprint density at radius 2 is 1.27 bits per heavy atom. The fourth-order valence-electron chi connectivity index (χ4n) is 3.27. The van der Waals surface area contributed by atoms with Crippen LogP contribution < -0.4 is 0 Å². The first-order chi connectivity index (χ1) is 14.5. The fourth-order valence-corrected chi connectivity index (χ4v) is 3.27. The van der Waals surface area contributed by atoms with Crippen molar-refractivity contribution in [1.82, 2.24) is 0 Å². The quantitative estimate of drug-likeness (QED) is 0.410. The Morgan fingerprint density at radius 3 is 1.73 bits per heavy atom. The number of fused-ring (bicyclic) bond motifs is 1. The maximum absolute atomic E-state index is 11.8. The number of aryl methyl sites for hydroxylation is 1. The second kappa shape index (κ2) is 14.2. The Balaban J connectivity index is 0.000000310. The summed E-state index contributed by atoms with van der Waals surface area (Å²) in [6, 6.07) is 15.9. The molecule has 5 nitrogen and oxygen atoms in total. The van der Waals surface area contributed by atoms with Crippen molar-refractivity contribution in [3.8, 4) is 0 Å². The van der Waals surface area contributed by atoms with Gasteiger partial charge in [-0.1, -0.05) is 106 Å². The van der Waals surface area contributed by atoms with Crippen molar-refractivity contribution in [2.45, 2.75) is 59.3 Å². The maximum atomic E-state index is 11.8. The van der Waals surface area contributed by atoms with Crippen LogP contribution in [0, 0.1) is 17.0 Å². The van der Waals surface area contributed by atoms with Gasteiger partial charge < -0.3 is 0 Å². The van der Waals surface area contributed by atoms with E-state index in [0.29, 0.717) is 0 Å². The molecular formula is C25H34N2O3. The van der Waals surface area contributed by atoms with Crippen molar-refractivity contribution in [2.75, 3.05) is 13.6 Å². The average molecular weight is 411 g/mol. The first-order valence-electron chi connectivity index (χ1n) is 10.8. The van der Waals surface area contributed by atoms with E-state index < -0.39 is 4.92 Å². The molecule has 162 valence electrons. The van der Waals surface area contributed by atoms with Crippen LogP contribution in [0.2, 0.25) is 0 Å². The largest absolute Gasteiger partial charge is 0.292 e.